The number of carbonyl (C=O) groups is 1. The number of carbonyl (C=O) groups excluding carboxylic acids is 1. The van der Waals surface area contributed by atoms with Crippen LogP contribution in [0.25, 0.3) is 0 Å². The van der Waals surface area contributed by atoms with E-state index in [0.717, 1.165) is 25.9 Å². The first kappa shape index (κ1) is 14.8. The molecule has 0 spiro atoms. The van der Waals surface area contributed by atoms with Crippen molar-refractivity contribution >= 4 is 6.09 Å². The van der Waals surface area contributed by atoms with Gasteiger partial charge in [-0.05, 0) is 36.1 Å². The fourth-order valence-electron chi connectivity index (χ4n) is 2.44. The van der Waals surface area contributed by atoms with E-state index in [-0.39, 0.29) is 12.7 Å². The van der Waals surface area contributed by atoms with Crippen LogP contribution in [0.5, 0.6) is 0 Å². The number of methoxy groups -OCH3 is 1. The van der Waals surface area contributed by atoms with Crippen LogP contribution < -0.4 is 5.32 Å². The Morgan fingerprint density at radius 1 is 1.45 bits per heavy atom. The van der Waals surface area contributed by atoms with Gasteiger partial charge in [0.05, 0.1) is 7.11 Å². The van der Waals surface area contributed by atoms with Gasteiger partial charge in [-0.1, -0.05) is 18.2 Å². The lowest BCUT2D eigenvalue weighted by atomic mass is 9.97. The zero-order valence-electron chi connectivity index (χ0n) is 11.9. The van der Waals surface area contributed by atoms with Crippen LogP contribution in [0.15, 0.2) is 18.2 Å². The maximum atomic E-state index is 11.5. The third kappa shape index (κ3) is 3.71. The zero-order valence-corrected chi connectivity index (χ0v) is 11.9. The SMILES string of the molecule is COC(=O)N1CCc2cc(CNCCCO)ccc2C1. The van der Waals surface area contributed by atoms with E-state index in [1.807, 2.05) is 0 Å². The number of benzene rings is 1. The second-order valence-electron chi connectivity index (χ2n) is 5.00. The highest BCUT2D eigenvalue weighted by Gasteiger charge is 2.20. The summed E-state index contributed by atoms with van der Waals surface area (Å²) in [4.78, 5) is 13.2. The van der Waals surface area contributed by atoms with E-state index in [9.17, 15) is 4.79 Å². The predicted octanol–water partition coefficient (Wildman–Crippen LogP) is 1.28. The molecule has 1 aliphatic rings. The zero-order chi connectivity index (χ0) is 14.4. The minimum atomic E-state index is -0.259. The molecule has 5 nitrogen and oxygen atoms in total. The molecule has 0 radical (unpaired) electrons. The van der Waals surface area contributed by atoms with Crippen molar-refractivity contribution in [1.29, 1.82) is 0 Å². The Kier molecular flexibility index (Phi) is 5.38. The predicted molar refractivity (Wildman–Crippen MR) is 76.4 cm³/mol. The molecule has 110 valence electrons. The first-order chi connectivity index (χ1) is 9.74. The molecule has 0 unspecified atom stereocenters. The Balaban J connectivity index is 1.94. The minimum absolute atomic E-state index is 0.223. The van der Waals surface area contributed by atoms with Gasteiger partial charge in [-0.3, -0.25) is 0 Å². The van der Waals surface area contributed by atoms with Crippen molar-refractivity contribution in [3.63, 3.8) is 0 Å². The summed E-state index contributed by atoms with van der Waals surface area (Å²) >= 11 is 0. The van der Waals surface area contributed by atoms with Crippen LogP contribution in [0.4, 0.5) is 4.79 Å². The van der Waals surface area contributed by atoms with Crippen molar-refractivity contribution in [2.45, 2.75) is 25.9 Å². The number of nitrogens with zero attached hydrogens (tertiary/aromatic N) is 1. The lowest BCUT2D eigenvalue weighted by Gasteiger charge is -2.28. The first-order valence-corrected chi connectivity index (χ1v) is 6.99. The second-order valence-corrected chi connectivity index (χ2v) is 5.00. The molecule has 1 aliphatic heterocycles. The van der Waals surface area contributed by atoms with Gasteiger partial charge in [0.25, 0.3) is 0 Å². The second kappa shape index (κ2) is 7.26. The number of aliphatic hydroxyl groups is 1. The molecule has 0 aliphatic carbocycles. The summed E-state index contributed by atoms with van der Waals surface area (Å²) in [5.74, 6) is 0. The smallest absolute Gasteiger partial charge is 0.409 e. The summed E-state index contributed by atoms with van der Waals surface area (Å²) in [6.07, 6.45) is 1.39. The maximum absolute atomic E-state index is 11.5. The van der Waals surface area contributed by atoms with Crippen molar-refractivity contribution in [2.24, 2.45) is 0 Å². The monoisotopic (exact) mass is 278 g/mol. The van der Waals surface area contributed by atoms with E-state index in [0.29, 0.717) is 13.1 Å². The Bertz CT molecular complexity index is 462. The standard InChI is InChI=1S/C15H22N2O3/c1-20-15(19)17-7-5-13-9-12(3-4-14(13)11-17)10-16-6-2-8-18/h3-4,9,16,18H,2,5-8,10-11H2,1H3. The third-order valence-corrected chi connectivity index (χ3v) is 3.56. The summed E-state index contributed by atoms with van der Waals surface area (Å²) in [5.41, 5.74) is 3.75. The molecular formula is C15H22N2O3. The van der Waals surface area contributed by atoms with Gasteiger partial charge in [-0.25, -0.2) is 4.79 Å². The Labute approximate surface area is 119 Å². The molecule has 0 atom stereocenters. The first-order valence-electron chi connectivity index (χ1n) is 6.99. The van der Waals surface area contributed by atoms with Crippen LogP contribution in [0.1, 0.15) is 23.1 Å². The van der Waals surface area contributed by atoms with E-state index in [2.05, 4.69) is 23.5 Å². The molecule has 20 heavy (non-hydrogen) atoms. The summed E-state index contributed by atoms with van der Waals surface area (Å²) in [7, 11) is 1.42. The molecule has 2 rings (SSSR count). The fraction of sp³-hybridized carbons (Fsp3) is 0.533. The summed E-state index contributed by atoms with van der Waals surface area (Å²) < 4.78 is 4.76. The summed E-state index contributed by atoms with van der Waals surface area (Å²) in [5, 5.41) is 12.0. The molecule has 0 bridgehead atoms. The number of nitrogens with one attached hydrogen (secondary N) is 1. The molecule has 0 aromatic heterocycles. The van der Waals surface area contributed by atoms with Crippen LogP contribution >= 0.6 is 0 Å². The lowest BCUT2D eigenvalue weighted by Crippen LogP contribution is -2.35. The van der Waals surface area contributed by atoms with Crippen molar-refractivity contribution in [1.82, 2.24) is 10.2 Å². The number of ether oxygens (including phenoxy) is 1. The van der Waals surface area contributed by atoms with Crippen molar-refractivity contribution in [3.05, 3.63) is 34.9 Å². The molecule has 1 aromatic carbocycles. The average Bonchev–Trinajstić information content (AvgIpc) is 2.50. The molecule has 5 heteroatoms. The molecule has 2 N–H and O–H groups in total. The van der Waals surface area contributed by atoms with Gasteiger partial charge in [-0.2, -0.15) is 0 Å². The highest BCUT2D eigenvalue weighted by atomic mass is 16.5. The molecule has 1 amide bonds. The summed E-state index contributed by atoms with van der Waals surface area (Å²) in [6, 6.07) is 6.38. The van der Waals surface area contributed by atoms with Crippen LogP contribution in [-0.2, 0) is 24.2 Å². The average molecular weight is 278 g/mol. The van der Waals surface area contributed by atoms with Gasteiger partial charge in [-0.15, -0.1) is 0 Å². The van der Waals surface area contributed by atoms with Gasteiger partial charge in [0.1, 0.15) is 0 Å². The van der Waals surface area contributed by atoms with Gasteiger partial charge in [0, 0.05) is 26.2 Å². The number of amides is 1. The van der Waals surface area contributed by atoms with E-state index < -0.39 is 0 Å². The Morgan fingerprint density at radius 2 is 2.30 bits per heavy atom. The quantitative estimate of drug-likeness (QED) is 0.797. The molecule has 0 fully saturated rings. The van der Waals surface area contributed by atoms with Crippen molar-refractivity contribution in [3.8, 4) is 0 Å². The molecular weight excluding hydrogens is 256 g/mol. The van der Waals surface area contributed by atoms with Gasteiger partial charge < -0.3 is 20.1 Å². The molecule has 1 aromatic rings. The minimum Gasteiger partial charge on any atom is -0.453 e. The topological polar surface area (TPSA) is 61.8 Å². The third-order valence-electron chi connectivity index (χ3n) is 3.56. The van der Waals surface area contributed by atoms with E-state index in [1.54, 1.807) is 4.90 Å². The molecule has 1 heterocycles. The van der Waals surface area contributed by atoms with E-state index >= 15 is 0 Å². The number of fused-ring (bicyclic) bond motifs is 1. The highest BCUT2D eigenvalue weighted by molar-refractivity contribution is 5.68. The van der Waals surface area contributed by atoms with Gasteiger partial charge in [0.15, 0.2) is 0 Å². The van der Waals surface area contributed by atoms with Crippen LogP contribution in [0.2, 0.25) is 0 Å². The normalized spacial score (nSPS) is 14.0. The maximum Gasteiger partial charge on any atom is 0.409 e. The van der Waals surface area contributed by atoms with Gasteiger partial charge >= 0.3 is 6.09 Å². The number of rotatable bonds is 5. The van der Waals surface area contributed by atoms with Crippen molar-refractivity contribution in [2.75, 3.05) is 26.8 Å². The molecule has 0 saturated heterocycles. The van der Waals surface area contributed by atoms with E-state index in [4.69, 9.17) is 9.84 Å². The van der Waals surface area contributed by atoms with E-state index in [1.165, 1.54) is 23.8 Å². The van der Waals surface area contributed by atoms with Crippen LogP contribution in [0.3, 0.4) is 0 Å². The van der Waals surface area contributed by atoms with Crippen LogP contribution in [-0.4, -0.2) is 42.9 Å². The van der Waals surface area contributed by atoms with Crippen molar-refractivity contribution < 1.29 is 14.6 Å². The lowest BCUT2D eigenvalue weighted by molar-refractivity contribution is 0.118. The molecule has 0 saturated carbocycles. The number of hydrogen-bond donors (Lipinski definition) is 2. The van der Waals surface area contributed by atoms with Gasteiger partial charge in [0.2, 0.25) is 0 Å². The Morgan fingerprint density at radius 3 is 3.05 bits per heavy atom. The number of aliphatic hydroxyl groups excluding tert-OH is 1. The Hall–Kier alpha value is -1.59. The summed E-state index contributed by atoms with van der Waals surface area (Å²) in [6.45, 7) is 3.19. The largest absolute Gasteiger partial charge is 0.453 e. The van der Waals surface area contributed by atoms with Crippen LogP contribution in [0, 0.1) is 0 Å². The highest BCUT2D eigenvalue weighted by Crippen LogP contribution is 2.20. The fourth-order valence-corrected chi connectivity index (χ4v) is 2.44. The number of hydrogen-bond acceptors (Lipinski definition) is 4.